The smallest absolute Gasteiger partial charge is 0.321 e. The second kappa shape index (κ2) is 15.6. The van der Waals surface area contributed by atoms with Crippen molar-refractivity contribution in [3.63, 3.8) is 0 Å². The molecule has 0 radical (unpaired) electrons. The number of nitrogens with zero attached hydrogens (tertiary/aromatic N) is 2. The second-order valence-electron chi connectivity index (χ2n) is 15.0. The molecule has 49 heavy (non-hydrogen) atoms. The van der Waals surface area contributed by atoms with Gasteiger partial charge in [0.1, 0.15) is 5.75 Å². The molecule has 0 amide bonds. The van der Waals surface area contributed by atoms with Gasteiger partial charge in [0.2, 0.25) is 5.37 Å². The first-order valence-corrected chi connectivity index (χ1v) is 21.4. The summed E-state index contributed by atoms with van der Waals surface area (Å²) in [5, 5.41) is 11.5. The lowest BCUT2D eigenvalue weighted by Crippen LogP contribution is -2.73. The molecular formula is C37H58N3O7S2+. The van der Waals surface area contributed by atoms with E-state index >= 15 is 0 Å². The molecule has 4 heterocycles. The Bertz CT molecular complexity index is 1600. The molecular weight excluding hydrogens is 663 g/mol. The lowest BCUT2D eigenvalue weighted by atomic mass is 9.68. The Labute approximate surface area is 294 Å². The maximum Gasteiger partial charge on any atom is 0.321 e. The van der Waals surface area contributed by atoms with Gasteiger partial charge in [-0.15, -0.1) is 0 Å². The summed E-state index contributed by atoms with van der Waals surface area (Å²) in [5.74, 6) is 0.643. The average molecular weight is 721 g/mol. The molecule has 2 aromatic carbocycles. The van der Waals surface area contributed by atoms with Crippen LogP contribution in [0, 0.1) is 11.3 Å². The van der Waals surface area contributed by atoms with Crippen molar-refractivity contribution in [2.45, 2.75) is 107 Å². The van der Waals surface area contributed by atoms with Gasteiger partial charge in [-0.3, -0.25) is 4.55 Å². The number of anilines is 1. The first kappa shape index (κ1) is 38.0. The van der Waals surface area contributed by atoms with Crippen LogP contribution in [0.3, 0.4) is 0 Å². The molecule has 2 bridgehead atoms. The van der Waals surface area contributed by atoms with Crippen LogP contribution in [0.25, 0.3) is 0 Å². The number of benzene rings is 2. The summed E-state index contributed by atoms with van der Waals surface area (Å²) in [5.41, 5.74) is 4.98. The Morgan fingerprint density at radius 3 is 2.20 bits per heavy atom. The van der Waals surface area contributed by atoms with E-state index in [1.54, 1.807) is 6.07 Å². The summed E-state index contributed by atoms with van der Waals surface area (Å²) < 4.78 is 69.5. The van der Waals surface area contributed by atoms with Gasteiger partial charge in [-0.25, -0.2) is 13.0 Å². The minimum absolute atomic E-state index is 0.0673. The SMILES string of the molecule is CCCCC1(CCCC)CS(=O)(=O)c2ccc(N(C)C)cc2[C@@H](c2ccc(OCCCCC([N+]34CCC(CC3)CN4)S(=O)(=O)O)cc2)[C@H]1O. The molecule has 3 saturated heterocycles. The molecule has 0 saturated carbocycles. The first-order chi connectivity index (χ1) is 23.2. The molecule has 0 aromatic heterocycles. The van der Waals surface area contributed by atoms with Crippen molar-refractivity contribution in [1.82, 2.24) is 5.43 Å². The van der Waals surface area contributed by atoms with Gasteiger partial charge >= 0.3 is 10.1 Å². The highest BCUT2D eigenvalue weighted by molar-refractivity contribution is 7.91. The summed E-state index contributed by atoms with van der Waals surface area (Å²) in [6.45, 7) is 6.83. The van der Waals surface area contributed by atoms with E-state index in [0.717, 1.165) is 69.4 Å². The van der Waals surface area contributed by atoms with E-state index in [-0.39, 0.29) is 10.3 Å². The highest BCUT2D eigenvalue weighted by Crippen LogP contribution is 2.50. The Hall–Kier alpha value is -2.22. The molecule has 1 unspecified atom stereocenters. The fraction of sp³-hybridized carbons (Fsp3) is 0.676. The van der Waals surface area contributed by atoms with Gasteiger partial charge in [-0.2, -0.15) is 13.8 Å². The molecule has 6 rings (SSSR count). The van der Waals surface area contributed by atoms with E-state index in [2.05, 4.69) is 19.3 Å². The van der Waals surface area contributed by atoms with Gasteiger partial charge in [0.05, 0.1) is 36.4 Å². The minimum Gasteiger partial charge on any atom is -0.494 e. The number of unbranched alkanes of at least 4 members (excludes halogenated alkanes) is 3. The van der Waals surface area contributed by atoms with Gasteiger partial charge in [-0.05, 0) is 73.1 Å². The molecule has 3 N–H and O–H groups in total. The van der Waals surface area contributed by atoms with E-state index in [1.165, 1.54) is 0 Å². The first-order valence-electron chi connectivity index (χ1n) is 18.3. The largest absolute Gasteiger partial charge is 0.494 e. The number of piperidine rings is 1. The zero-order valence-corrected chi connectivity index (χ0v) is 31.4. The maximum atomic E-state index is 14.1. The number of sulfone groups is 1. The van der Waals surface area contributed by atoms with E-state index in [0.29, 0.717) is 60.8 Å². The van der Waals surface area contributed by atoms with Crippen LogP contribution in [0.15, 0.2) is 47.4 Å². The minimum atomic E-state index is -4.22. The number of nitrogens with one attached hydrogen (secondary N) is 1. The zero-order valence-electron chi connectivity index (χ0n) is 29.8. The fourth-order valence-corrected chi connectivity index (χ4v) is 12.0. The van der Waals surface area contributed by atoms with Crippen molar-refractivity contribution in [2.24, 2.45) is 11.3 Å². The molecule has 4 aliphatic rings. The molecule has 0 spiro atoms. The topological polar surface area (TPSA) is 133 Å². The maximum absolute atomic E-state index is 14.1. The normalized spacial score (nSPS) is 26.4. The van der Waals surface area contributed by atoms with Crippen molar-refractivity contribution < 1.29 is 35.8 Å². The lowest BCUT2D eigenvalue weighted by Gasteiger charge is -2.51. The van der Waals surface area contributed by atoms with Crippen LogP contribution in [-0.2, 0) is 20.0 Å². The number of rotatable bonds is 16. The summed E-state index contributed by atoms with van der Waals surface area (Å²) in [6, 6.07) is 13.1. The van der Waals surface area contributed by atoms with Crippen LogP contribution in [0.1, 0.15) is 102 Å². The summed E-state index contributed by atoms with van der Waals surface area (Å²) in [4.78, 5) is 2.25. The van der Waals surface area contributed by atoms with E-state index in [4.69, 9.17) is 4.74 Å². The standard InChI is InChI=1S/C37H57N3O7S2/c1-5-7-20-37(21-8-6-2)27-48(42,43)33-17-14-30(39(3)4)25-32(33)35(36(37)41)29-12-15-31(16-13-29)47-24-10-9-11-34(49(44,45)46)40-22-18-28(19-23-40)26-38-40/h12-17,25,28,34-36,38,41H,5-11,18-24,26-27H2,1-4H3/p+1/t28?,34?,35-,36-,40?/m1/s1. The summed E-state index contributed by atoms with van der Waals surface area (Å²) in [7, 11) is -4.04. The van der Waals surface area contributed by atoms with Crippen LogP contribution in [0.5, 0.6) is 5.75 Å². The molecule has 3 fully saturated rings. The Morgan fingerprint density at radius 2 is 1.65 bits per heavy atom. The number of hydrogen-bond donors (Lipinski definition) is 3. The van der Waals surface area contributed by atoms with Crippen molar-refractivity contribution in [2.75, 3.05) is 51.0 Å². The third-order valence-corrected chi connectivity index (χ3v) is 14.8. The summed E-state index contributed by atoms with van der Waals surface area (Å²) in [6.07, 6.45) is 7.46. The Morgan fingerprint density at radius 1 is 1.00 bits per heavy atom. The third-order valence-electron chi connectivity index (χ3n) is 11.5. The van der Waals surface area contributed by atoms with Crippen molar-refractivity contribution in [1.29, 1.82) is 0 Å². The predicted molar refractivity (Wildman–Crippen MR) is 194 cm³/mol. The molecule has 2 aromatic rings. The van der Waals surface area contributed by atoms with E-state index in [1.807, 2.05) is 55.4 Å². The molecule has 274 valence electrons. The Balaban J connectivity index is 1.34. The van der Waals surface area contributed by atoms with Gasteiger partial charge < -0.3 is 14.7 Å². The third kappa shape index (κ3) is 8.31. The highest BCUT2D eigenvalue weighted by Gasteiger charge is 2.51. The number of quaternary nitrogens is 1. The van der Waals surface area contributed by atoms with Crippen molar-refractivity contribution >= 4 is 25.6 Å². The van der Waals surface area contributed by atoms with Gasteiger partial charge in [-0.1, -0.05) is 51.7 Å². The van der Waals surface area contributed by atoms with Gasteiger partial charge in [0.15, 0.2) is 9.84 Å². The number of ether oxygens (including phenoxy) is 1. The number of fused-ring (bicyclic) bond motifs is 4. The van der Waals surface area contributed by atoms with E-state index in [9.17, 15) is 26.5 Å². The number of aliphatic hydroxyl groups is 1. The van der Waals surface area contributed by atoms with Gasteiger partial charge in [0, 0.05) is 56.9 Å². The molecule has 12 heteroatoms. The average Bonchev–Trinajstić information content (AvgIpc) is 3.14. The second-order valence-corrected chi connectivity index (χ2v) is 18.6. The monoisotopic (exact) mass is 720 g/mol. The predicted octanol–water partition coefficient (Wildman–Crippen LogP) is 5.91. The highest BCUT2D eigenvalue weighted by atomic mass is 32.2. The number of aliphatic hydroxyl groups excluding tert-OH is 1. The molecule has 4 aliphatic heterocycles. The summed E-state index contributed by atoms with van der Waals surface area (Å²) >= 11 is 0. The van der Waals surface area contributed by atoms with Crippen LogP contribution in [0.4, 0.5) is 5.69 Å². The molecule has 10 nitrogen and oxygen atoms in total. The van der Waals surface area contributed by atoms with Crippen LogP contribution in [-0.4, -0.2) is 88.7 Å². The van der Waals surface area contributed by atoms with Crippen LogP contribution < -0.4 is 15.1 Å². The van der Waals surface area contributed by atoms with E-state index < -0.39 is 42.8 Å². The van der Waals surface area contributed by atoms with Crippen LogP contribution in [0.2, 0.25) is 0 Å². The molecule has 3 atom stereocenters. The van der Waals surface area contributed by atoms with Crippen LogP contribution >= 0.6 is 0 Å². The quantitative estimate of drug-likeness (QED) is 0.110. The Kier molecular flexibility index (Phi) is 12.1. The fourth-order valence-electron chi connectivity index (χ4n) is 8.57. The molecule has 0 aliphatic carbocycles. The lowest BCUT2D eigenvalue weighted by molar-refractivity contribution is -0.993. The van der Waals surface area contributed by atoms with Gasteiger partial charge in [0.25, 0.3) is 0 Å². The van der Waals surface area contributed by atoms with Crippen molar-refractivity contribution in [3.8, 4) is 5.75 Å². The van der Waals surface area contributed by atoms with Crippen molar-refractivity contribution in [3.05, 3.63) is 53.6 Å². The number of hydrogen-bond acceptors (Lipinski definition) is 8. The zero-order chi connectivity index (χ0) is 35.5.